The van der Waals surface area contributed by atoms with E-state index in [4.69, 9.17) is 9.47 Å². The Morgan fingerprint density at radius 3 is 2.83 bits per heavy atom. The van der Waals surface area contributed by atoms with Gasteiger partial charge in [0, 0.05) is 38.9 Å². The number of methoxy groups -OCH3 is 2. The van der Waals surface area contributed by atoms with E-state index in [9.17, 15) is 4.79 Å². The fourth-order valence-corrected chi connectivity index (χ4v) is 3.57. The quantitative estimate of drug-likeness (QED) is 0.722. The Hall–Kier alpha value is -0.590. The van der Waals surface area contributed by atoms with Crippen LogP contribution in [0.1, 0.15) is 19.3 Å². The van der Waals surface area contributed by atoms with Crippen molar-refractivity contribution >= 4 is 22.8 Å². The molecule has 0 aliphatic carbocycles. The fourth-order valence-electron chi connectivity index (χ4n) is 2.25. The minimum atomic E-state index is -0.298. The second-order valence-electron chi connectivity index (χ2n) is 4.49. The molecule has 0 N–H and O–H groups in total. The molecule has 5 nitrogen and oxygen atoms in total. The Bertz CT molecular complexity index is 339. The predicted molar refractivity (Wildman–Crippen MR) is 70.1 cm³/mol. The molecule has 1 unspecified atom stereocenters. The molecule has 0 radical (unpaired) electrons. The first-order valence-electron chi connectivity index (χ1n) is 6.11. The Labute approximate surface area is 111 Å². The lowest BCUT2D eigenvalue weighted by atomic mass is 9.95. The van der Waals surface area contributed by atoms with Crippen molar-refractivity contribution in [2.24, 2.45) is 4.99 Å². The number of ether oxygens (including phenoxy) is 3. The fraction of sp³-hybridized carbons (Fsp3) is 0.833. The summed E-state index contributed by atoms with van der Waals surface area (Å²) in [5.74, 6) is 0.625. The molecule has 2 aliphatic heterocycles. The molecule has 1 atom stereocenters. The molecule has 2 aliphatic rings. The first-order valence-corrected chi connectivity index (χ1v) is 7.09. The van der Waals surface area contributed by atoms with Crippen molar-refractivity contribution in [3.63, 3.8) is 0 Å². The molecular weight excluding hydrogens is 254 g/mol. The van der Waals surface area contributed by atoms with Crippen LogP contribution in [0.15, 0.2) is 4.99 Å². The van der Waals surface area contributed by atoms with Gasteiger partial charge in [-0.05, 0) is 0 Å². The number of hydrogen-bond acceptors (Lipinski definition) is 6. The highest BCUT2D eigenvalue weighted by atomic mass is 32.2. The van der Waals surface area contributed by atoms with Crippen LogP contribution in [0.3, 0.4) is 0 Å². The maximum Gasteiger partial charge on any atom is 0.307 e. The van der Waals surface area contributed by atoms with E-state index in [2.05, 4.69) is 9.73 Å². The van der Waals surface area contributed by atoms with E-state index in [0.29, 0.717) is 19.6 Å². The highest BCUT2D eigenvalue weighted by molar-refractivity contribution is 8.14. The summed E-state index contributed by atoms with van der Waals surface area (Å²) < 4.78 is 15.7. The summed E-state index contributed by atoms with van der Waals surface area (Å²) in [5, 5.41) is 1.02. The molecule has 102 valence electrons. The molecule has 0 bridgehead atoms. The van der Waals surface area contributed by atoms with Gasteiger partial charge in [0.25, 0.3) is 0 Å². The molecule has 1 saturated heterocycles. The van der Waals surface area contributed by atoms with Gasteiger partial charge in [0.1, 0.15) is 10.6 Å². The molecule has 6 heteroatoms. The normalized spacial score (nSPS) is 26.8. The van der Waals surface area contributed by atoms with Crippen molar-refractivity contribution in [3.8, 4) is 0 Å². The van der Waals surface area contributed by atoms with Crippen LogP contribution in [0.4, 0.5) is 0 Å². The van der Waals surface area contributed by atoms with Crippen LogP contribution in [0.2, 0.25) is 0 Å². The summed E-state index contributed by atoms with van der Waals surface area (Å²) in [6, 6.07) is 0.0207. The third-order valence-electron chi connectivity index (χ3n) is 3.42. The molecule has 18 heavy (non-hydrogen) atoms. The first-order chi connectivity index (χ1) is 8.70. The van der Waals surface area contributed by atoms with Crippen LogP contribution in [-0.4, -0.2) is 55.8 Å². The van der Waals surface area contributed by atoms with E-state index in [0.717, 1.165) is 23.6 Å². The second-order valence-corrected chi connectivity index (χ2v) is 5.50. The molecule has 0 aromatic carbocycles. The molecule has 0 amide bonds. The molecule has 0 aromatic heterocycles. The molecule has 2 heterocycles. The molecule has 0 aromatic rings. The zero-order chi connectivity index (χ0) is 13.0. The molecular formula is C12H19NO4S. The highest BCUT2D eigenvalue weighted by Gasteiger charge is 2.41. The minimum absolute atomic E-state index is 0.0207. The van der Waals surface area contributed by atoms with E-state index >= 15 is 0 Å². The average Bonchev–Trinajstić information content (AvgIpc) is 2.88. The van der Waals surface area contributed by atoms with Gasteiger partial charge in [0.15, 0.2) is 0 Å². The predicted octanol–water partition coefficient (Wildman–Crippen LogP) is 1.26. The number of aliphatic imine (C=N–C) groups is 1. The average molecular weight is 273 g/mol. The van der Waals surface area contributed by atoms with E-state index in [1.807, 2.05) is 0 Å². The third-order valence-corrected chi connectivity index (χ3v) is 4.73. The van der Waals surface area contributed by atoms with Crippen LogP contribution in [0.25, 0.3) is 0 Å². The van der Waals surface area contributed by atoms with E-state index < -0.39 is 0 Å². The van der Waals surface area contributed by atoms with Crippen LogP contribution in [0, 0.1) is 0 Å². The maximum absolute atomic E-state index is 11.2. The number of thioether (sulfide) groups is 1. The summed E-state index contributed by atoms with van der Waals surface area (Å²) in [4.78, 5) is 15.9. The van der Waals surface area contributed by atoms with Crippen LogP contribution < -0.4 is 0 Å². The van der Waals surface area contributed by atoms with Gasteiger partial charge < -0.3 is 14.2 Å². The number of esters is 1. The summed E-state index contributed by atoms with van der Waals surface area (Å²) >= 11 is 1.69. The van der Waals surface area contributed by atoms with Crippen LogP contribution in [0.5, 0.6) is 0 Å². The number of nitrogens with zero attached hydrogens (tertiary/aromatic N) is 1. The lowest BCUT2D eigenvalue weighted by Crippen LogP contribution is -2.43. The molecule has 0 spiro atoms. The zero-order valence-electron chi connectivity index (χ0n) is 10.8. The number of hydrogen-bond donors (Lipinski definition) is 0. The van der Waals surface area contributed by atoms with Crippen molar-refractivity contribution in [1.82, 2.24) is 0 Å². The van der Waals surface area contributed by atoms with Gasteiger partial charge in [0.05, 0.1) is 19.6 Å². The summed E-state index contributed by atoms with van der Waals surface area (Å²) in [7, 11) is 3.13. The van der Waals surface area contributed by atoms with Gasteiger partial charge in [-0.3, -0.25) is 9.79 Å². The standard InChI is InChI=1S/C12H19NO4S/c1-15-10(14)7-9-8-18-11(13-9)12(16-2)3-5-17-6-4-12/h9H,3-8H2,1-2H3. The summed E-state index contributed by atoms with van der Waals surface area (Å²) in [5.41, 5.74) is -0.298. The smallest absolute Gasteiger partial charge is 0.307 e. The Morgan fingerprint density at radius 2 is 2.22 bits per heavy atom. The number of carbonyl (C=O) groups is 1. The van der Waals surface area contributed by atoms with Crippen molar-refractivity contribution in [2.75, 3.05) is 33.2 Å². The Kier molecular flexibility index (Phi) is 4.64. The van der Waals surface area contributed by atoms with Crippen LogP contribution in [-0.2, 0) is 19.0 Å². The minimum Gasteiger partial charge on any atom is -0.469 e. The van der Waals surface area contributed by atoms with Crippen molar-refractivity contribution < 1.29 is 19.0 Å². The van der Waals surface area contributed by atoms with Gasteiger partial charge in [-0.1, -0.05) is 0 Å². The van der Waals surface area contributed by atoms with Gasteiger partial charge in [-0.15, -0.1) is 11.8 Å². The van der Waals surface area contributed by atoms with E-state index in [1.165, 1.54) is 7.11 Å². The first kappa shape index (κ1) is 13.8. The van der Waals surface area contributed by atoms with Crippen molar-refractivity contribution in [3.05, 3.63) is 0 Å². The third kappa shape index (κ3) is 2.87. The molecule has 2 rings (SSSR count). The zero-order valence-corrected chi connectivity index (χ0v) is 11.6. The second kappa shape index (κ2) is 6.04. The molecule has 1 fully saturated rings. The largest absolute Gasteiger partial charge is 0.469 e. The SMILES string of the molecule is COC(=O)CC1CSC(C2(OC)CCOCC2)=N1. The van der Waals surface area contributed by atoms with Gasteiger partial charge in [0.2, 0.25) is 0 Å². The van der Waals surface area contributed by atoms with Crippen LogP contribution >= 0.6 is 11.8 Å². The highest BCUT2D eigenvalue weighted by Crippen LogP contribution is 2.35. The Morgan fingerprint density at radius 1 is 1.50 bits per heavy atom. The van der Waals surface area contributed by atoms with Gasteiger partial charge >= 0.3 is 5.97 Å². The van der Waals surface area contributed by atoms with Gasteiger partial charge in [-0.2, -0.15) is 0 Å². The van der Waals surface area contributed by atoms with E-state index in [1.54, 1.807) is 18.9 Å². The lowest BCUT2D eigenvalue weighted by molar-refractivity contribution is -0.140. The molecule has 0 saturated carbocycles. The van der Waals surface area contributed by atoms with Gasteiger partial charge in [-0.25, -0.2) is 0 Å². The topological polar surface area (TPSA) is 57.1 Å². The summed E-state index contributed by atoms with van der Waals surface area (Å²) in [6.45, 7) is 1.41. The van der Waals surface area contributed by atoms with E-state index in [-0.39, 0.29) is 17.6 Å². The monoisotopic (exact) mass is 273 g/mol. The number of rotatable bonds is 4. The lowest BCUT2D eigenvalue weighted by Gasteiger charge is -2.35. The number of carbonyl (C=O) groups excluding carboxylic acids is 1. The Balaban J connectivity index is 2.03. The van der Waals surface area contributed by atoms with Crippen molar-refractivity contribution in [1.29, 1.82) is 0 Å². The summed E-state index contributed by atoms with van der Waals surface area (Å²) in [6.07, 6.45) is 2.02. The maximum atomic E-state index is 11.2. The van der Waals surface area contributed by atoms with Crippen molar-refractivity contribution in [2.45, 2.75) is 30.9 Å².